The Morgan fingerprint density at radius 3 is 2.15 bits per heavy atom. The highest BCUT2D eigenvalue weighted by atomic mass is 16.5. The quantitative estimate of drug-likeness (QED) is 0.429. The fraction of sp³-hybridized carbons (Fsp3) is 0.222. The van der Waals surface area contributed by atoms with Crippen molar-refractivity contribution in [2.45, 2.75) is 0 Å². The van der Waals surface area contributed by atoms with E-state index in [-0.39, 0.29) is 0 Å². The third-order valence-corrected chi connectivity index (χ3v) is 1.67. The van der Waals surface area contributed by atoms with Gasteiger partial charge in [0.1, 0.15) is 11.5 Å². The van der Waals surface area contributed by atoms with E-state index >= 15 is 0 Å². The van der Waals surface area contributed by atoms with Crippen molar-refractivity contribution in [3.63, 3.8) is 0 Å². The average molecular weight is 180 g/mol. The summed E-state index contributed by atoms with van der Waals surface area (Å²) in [5, 5.41) is 3.44. The molecule has 0 bridgehead atoms. The molecule has 0 radical (unpaired) electrons. The molecule has 1 aromatic rings. The Hall–Kier alpha value is -1.71. The van der Waals surface area contributed by atoms with Crippen LogP contribution in [0.15, 0.2) is 23.3 Å². The van der Waals surface area contributed by atoms with Gasteiger partial charge in [-0.05, 0) is 12.1 Å². The second kappa shape index (κ2) is 4.35. The van der Waals surface area contributed by atoms with Crippen molar-refractivity contribution >= 4 is 6.21 Å². The lowest BCUT2D eigenvalue weighted by molar-refractivity contribution is 0.393. The van der Waals surface area contributed by atoms with Crippen LogP contribution in [0.3, 0.4) is 0 Å². The van der Waals surface area contributed by atoms with Crippen LogP contribution in [0.5, 0.6) is 11.5 Å². The molecule has 0 unspecified atom stereocenters. The van der Waals surface area contributed by atoms with E-state index in [2.05, 4.69) is 5.10 Å². The molecule has 4 nitrogen and oxygen atoms in total. The summed E-state index contributed by atoms with van der Waals surface area (Å²) >= 11 is 0. The topological polar surface area (TPSA) is 56.8 Å². The summed E-state index contributed by atoms with van der Waals surface area (Å²) in [5.41, 5.74) is 0.745. The first kappa shape index (κ1) is 9.38. The van der Waals surface area contributed by atoms with E-state index in [1.807, 2.05) is 18.2 Å². The van der Waals surface area contributed by atoms with Gasteiger partial charge in [-0.1, -0.05) is 6.07 Å². The summed E-state index contributed by atoms with van der Waals surface area (Å²) < 4.78 is 10.2. The van der Waals surface area contributed by atoms with Crippen molar-refractivity contribution in [2.75, 3.05) is 14.2 Å². The molecule has 4 heteroatoms. The number of nitrogens with two attached hydrogens (primary N) is 1. The van der Waals surface area contributed by atoms with Crippen LogP contribution in [-0.4, -0.2) is 20.4 Å². The van der Waals surface area contributed by atoms with Gasteiger partial charge in [-0.25, -0.2) is 0 Å². The van der Waals surface area contributed by atoms with Gasteiger partial charge >= 0.3 is 0 Å². The first-order valence-electron chi connectivity index (χ1n) is 3.77. The second-order valence-electron chi connectivity index (χ2n) is 2.35. The molecule has 0 aromatic heterocycles. The first-order valence-corrected chi connectivity index (χ1v) is 3.77. The summed E-state index contributed by atoms with van der Waals surface area (Å²) in [6.07, 6.45) is 1.50. The number of methoxy groups -OCH3 is 2. The van der Waals surface area contributed by atoms with Crippen molar-refractivity contribution in [1.82, 2.24) is 0 Å². The minimum atomic E-state index is 0.688. The molecule has 2 N–H and O–H groups in total. The molecule has 13 heavy (non-hydrogen) atoms. The zero-order valence-corrected chi connectivity index (χ0v) is 7.65. The van der Waals surface area contributed by atoms with Crippen molar-refractivity contribution in [2.24, 2.45) is 10.9 Å². The summed E-state index contributed by atoms with van der Waals surface area (Å²) in [6.45, 7) is 0. The largest absolute Gasteiger partial charge is 0.496 e. The van der Waals surface area contributed by atoms with E-state index in [0.29, 0.717) is 11.5 Å². The third-order valence-electron chi connectivity index (χ3n) is 1.67. The molecule has 1 aromatic carbocycles. The van der Waals surface area contributed by atoms with Gasteiger partial charge in [0.25, 0.3) is 0 Å². The number of hydrazone groups is 1. The van der Waals surface area contributed by atoms with Crippen molar-refractivity contribution in [1.29, 1.82) is 0 Å². The van der Waals surface area contributed by atoms with Crippen LogP contribution in [0.4, 0.5) is 0 Å². The van der Waals surface area contributed by atoms with Crippen LogP contribution in [0.1, 0.15) is 5.56 Å². The Balaban J connectivity index is 3.21. The number of hydrogen-bond donors (Lipinski definition) is 1. The van der Waals surface area contributed by atoms with Gasteiger partial charge in [0.05, 0.1) is 26.0 Å². The minimum absolute atomic E-state index is 0.688. The van der Waals surface area contributed by atoms with E-state index in [0.717, 1.165) is 5.56 Å². The average Bonchev–Trinajstić information content (AvgIpc) is 2.18. The van der Waals surface area contributed by atoms with Gasteiger partial charge in [-0.15, -0.1) is 0 Å². The highest BCUT2D eigenvalue weighted by Gasteiger charge is 2.06. The lowest BCUT2D eigenvalue weighted by Crippen LogP contribution is -1.96. The maximum Gasteiger partial charge on any atom is 0.131 e. The third kappa shape index (κ3) is 1.90. The molecule has 0 spiro atoms. The summed E-state index contributed by atoms with van der Waals surface area (Å²) in [5.74, 6) is 6.44. The molecule has 1 rings (SSSR count). The van der Waals surface area contributed by atoms with Gasteiger partial charge in [0.2, 0.25) is 0 Å². The predicted molar refractivity (Wildman–Crippen MR) is 51.3 cm³/mol. The molecule has 0 aliphatic carbocycles. The Labute approximate surface area is 77.0 Å². The SMILES string of the molecule is COc1cccc(OC)c1C=NN. The lowest BCUT2D eigenvalue weighted by Gasteiger charge is -2.08. The van der Waals surface area contributed by atoms with Crippen molar-refractivity contribution in [3.8, 4) is 11.5 Å². The normalized spacial score (nSPS) is 10.3. The van der Waals surface area contributed by atoms with Crippen LogP contribution in [0.2, 0.25) is 0 Å². The van der Waals surface area contributed by atoms with Gasteiger partial charge in [-0.2, -0.15) is 5.10 Å². The van der Waals surface area contributed by atoms with E-state index in [1.165, 1.54) is 6.21 Å². The smallest absolute Gasteiger partial charge is 0.131 e. The van der Waals surface area contributed by atoms with Gasteiger partial charge < -0.3 is 15.3 Å². The molecule has 0 amide bonds. The van der Waals surface area contributed by atoms with Gasteiger partial charge in [0, 0.05) is 0 Å². The number of hydrogen-bond acceptors (Lipinski definition) is 4. The molecule has 0 atom stereocenters. The minimum Gasteiger partial charge on any atom is -0.496 e. The molecule has 0 aliphatic heterocycles. The monoisotopic (exact) mass is 180 g/mol. The van der Waals surface area contributed by atoms with Crippen LogP contribution < -0.4 is 15.3 Å². The Kier molecular flexibility index (Phi) is 3.14. The van der Waals surface area contributed by atoms with Crippen LogP contribution in [0, 0.1) is 0 Å². The van der Waals surface area contributed by atoms with Gasteiger partial charge in [0.15, 0.2) is 0 Å². The van der Waals surface area contributed by atoms with Crippen LogP contribution >= 0.6 is 0 Å². The summed E-state index contributed by atoms with van der Waals surface area (Å²) in [6, 6.07) is 5.48. The number of nitrogens with zero attached hydrogens (tertiary/aromatic N) is 1. The van der Waals surface area contributed by atoms with E-state index in [1.54, 1.807) is 14.2 Å². The fourth-order valence-corrected chi connectivity index (χ4v) is 1.08. The lowest BCUT2D eigenvalue weighted by atomic mass is 10.2. The van der Waals surface area contributed by atoms with E-state index in [4.69, 9.17) is 15.3 Å². The fourth-order valence-electron chi connectivity index (χ4n) is 1.08. The zero-order valence-electron chi connectivity index (χ0n) is 7.65. The highest BCUT2D eigenvalue weighted by molar-refractivity contribution is 5.87. The number of rotatable bonds is 3. The molecule has 70 valence electrons. The molecular weight excluding hydrogens is 168 g/mol. The Morgan fingerprint density at radius 1 is 1.23 bits per heavy atom. The maximum atomic E-state index is 5.11. The van der Waals surface area contributed by atoms with E-state index < -0.39 is 0 Å². The highest BCUT2D eigenvalue weighted by Crippen LogP contribution is 2.25. The Morgan fingerprint density at radius 2 is 1.77 bits per heavy atom. The van der Waals surface area contributed by atoms with Gasteiger partial charge in [-0.3, -0.25) is 0 Å². The zero-order chi connectivity index (χ0) is 9.68. The molecule has 0 fully saturated rings. The predicted octanol–water partition coefficient (Wildman–Crippen LogP) is 0.996. The standard InChI is InChI=1S/C9H12N2O2/c1-12-8-4-3-5-9(13-2)7(8)6-11-10/h3-6H,10H2,1-2H3. The first-order chi connectivity index (χ1) is 6.33. The second-order valence-corrected chi connectivity index (χ2v) is 2.35. The summed E-state index contributed by atoms with van der Waals surface area (Å²) in [4.78, 5) is 0. The number of benzene rings is 1. The van der Waals surface area contributed by atoms with Crippen LogP contribution in [0.25, 0.3) is 0 Å². The van der Waals surface area contributed by atoms with Crippen LogP contribution in [-0.2, 0) is 0 Å². The molecule has 0 saturated carbocycles. The Bertz CT molecular complexity index is 288. The summed E-state index contributed by atoms with van der Waals surface area (Å²) in [7, 11) is 3.17. The van der Waals surface area contributed by atoms with Crippen molar-refractivity contribution in [3.05, 3.63) is 23.8 Å². The molecular formula is C9H12N2O2. The van der Waals surface area contributed by atoms with E-state index in [9.17, 15) is 0 Å². The molecule has 0 aliphatic rings. The molecule has 0 saturated heterocycles. The molecule has 0 heterocycles. The maximum absolute atomic E-state index is 5.11. The number of ether oxygens (including phenoxy) is 2. The van der Waals surface area contributed by atoms with Crippen molar-refractivity contribution < 1.29 is 9.47 Å².